The molecule has 0 bridgehead atoms. The van der Waals surface area contributed by atoms with Crippen LogP contribution in [-0.2, 0) is 0 Å². The molecule has 0 aliphatic heterocycles. The number of benzene rings is 1. The third-order valence-corrected chi connectivity index (χ3v) is 39.5. The summed E-state index contributed by atoms with van der Waals surface area (Å²) in [5, 5.41) is 0.594. The van der Waals surface area contributed by atoms with Gasteiger partial charge in [-0.3, -0.25) is 0 Å². The second kappa shape index (κ2) is 16.8. The Labute approximate surface area is 313 Å². The van der Waals surface area contributed by atoms with Crippen LogP contribution in [0.5, 0.6) is 0 Å². The molecule has 4 heteroatoms. The molecule has 0 aromatic heterocycles. The molecule has 1 atom stereocenters. The summed E-state index contributed by atoms with van der Waals surface area (Å²) in [5.74, 6) is -3.23. The predicted molar refractivity (Wildman–Crippen MR) is 226 cm³/mol. The van der Waals surface area contributed by atoms with Crippen molar-refractivity contribution < 1.29 is 0 Å². The van der Waals surface area contributed by atoms with E-state index in [0.29, 0.717) is 16.7 Å². The summed E-state index contributed by atoms with van der Waals surface area (Å²) in [6.07, 6.45) is 48.4. The molecule has 1 aromatic carbocycles. The minimum absolute atomic E-state index is 0.183. The minimum atomic E-state index is -3.23. The summed E-state index contributed by atoms with van der Waals surface area (Å²) in [7, 11) is -2.13. The molecule has 0 nitrogen and oxygen atoms in total. The van der Waals surface area contributed by atoms with Gasteiger partial charge in [-0.1, -0.05) is 0 Å². The first kappa shape index (κ1) is 37.7. The van der Waals surface area contributed by atoms with E-state index in [9.17, 15) is 11.2 Å². The molecule has 6 aliphatic carbocycles. The van der Waals surface area contributed by atoms with Crippen molar-refractivity contribution in [1.82, 2.24) is 0 Å². The first-order valence-electron chi connectivity index (χ1n) is 22.2. The van der Waals surface area contributed by atoms with Gasteiger partial charge in [0, 0.05) is 0 Å². The number of allylic oxidation sites excluding steroid dienone is 1. The summed E-state index contributed by atoms with van der Waals surface area (Å²) in [4.78, 5) is 0. The van der Waals surface area contributed by atoms with Crippen molar-refractivity contribution in [2.24, 2.45) is 0 Å². The van der Waals surface area contributed by atoms with E-state index in [4.69, 9.17) is 11.6 Å². The van der Waals surface area contributed by atoms with Gasteiger partial charge in [0.1, 0.15) is 0 Å². The second-order valence-electron chi connectivity index (χ2n) is 18.5. The van der Waals surface area contributed by atoms with Gasteiger partial charge in [0.2, 0.25) is 0 Å². The molecule has 49 heavy (non-hydrogen) atoms. The Balaban J connectivity index is 1.58. The van der Waals surface area contributed by atoms with Gasteiger partial charge in [0.25, 0.3) is 0 Å². The molecule has 1 unspecified atom stereocenters. The number of alkyl halides is 1. The fraction of sp³-hybridized carbons (Fsp3) is 0.822. The van der Waals surface area contributed by atoms with Gasteiger partial charge in [0.15, 0.2) is 0 Å². The van der Waals surface area contributed by atoms with Gasteiger partial charge >= 0.3 is 315 Å². The van der Waals surface area contributed by atoms with E-state index >= 15 is 0 Å². The van der Waals surface area contributed by atoms with Gasteiger partial charge in [-0.15, -0.1) is 0 Å². The SMILES string of the molecule is ClC1(P(Cl)(C2CCCCC2)(C2CCCCC2)C(C=Cc2ccccc2)[PH](C2CCCCC2)(C2CCCCC2)C2CCCCC2)CCCCC1. The standard InChI is InChI=1S/C45H74Cl2P2/c46-45(36-20-7-21-37-45)49(47,42-30-16-5-17-31-42,43-32-18-6-19-33-43)44(35-34-38-22-8-1-9-23-38)48(39-24-10-2-11-25-39,40-26-12-3-13-27-40)41-28-14-4-15-29-41/h1,8-9,22-23,34-35,39-44,48H,2-7,10-21,24-33,36-37H2. The summed E-state index contributed by atoms with van der Waals surface area (Å²) < 4.78 is -0.183. The Hall–Kier alpha value is 0.400. The molecule has 0 radical (unpaired) electrons. The molecular weight excluding hydrogens is 673 g/mol. The molecule has 278 valence electrons. The fourth-order valence-corrected chi connectivity index (χ4v) is 43.1. The average molecular weight is 748 g/mol. The van der Waals surface area contributed by atoms with Crippen LogP contribution < -0.4 is 0 Å². The van der Waals surface area contributed by atoms with Crippen molar-refractivity contribution in [1.29, 1.82) is 0 Å². The maximum absolute atomic E-state index is 9.93. The summed E-state index contributed by atoms with van der Waals surface area (Å²) >= 11 is 18.9. The van der Waals surface area contributed by atoms with Crippen LogP contribution in [0.1, 0.15) is 198 Å². The number of halogens is 2. The number of hydrogen-bond donors (Lipinski definition) is 0. The zero-order valence-electron chi connectivity index (χ0n) is 31.4. The first-order chi connectivity index (χ1) is 24.0. The van der Waals surface area contributed by atoms with Crippen molar-refractivity contribution in [2.75, 3.05) is 0 Å². The normalized spacial score (nSPS) is 28.6. The first-order valence-corrected chi connectivity index (χ1v) is 28.2. The zero-order chi connectivity index (χ0) is 33.7. The van der Waals surface area contributed by atoms with Crippen LogP contribution in [0.4, 0.5) is 0 Å². The van der Waals surface area contributed by atoms with E-state index in [-0.39, 0.29) is 4.62 Å². The maximum atomic E-state index is 9.93. The monoisotopic (exact) mass is 746 g/mol. The van der Waals surface area contributed by atoms with Gasteiger partial charge < -0.3 is 0 Å². The van der Waals surface area contributed by atoms with E-state index in [2.05, 4.69) is 42.5 Å². The summed E-state index contributed by atoms with van der Waals surface area (Å²) in [6, 6.07) is 11.5. The predicted octanol–water partition coefficient (Wildman–Crippen LogP) is 16.0. The van der Waals surface area contributed by atoms with Crippen molar-refractivity contribution in [3.05, 3.63) is 42.0 Å². The molecule has 6 aliphatic rings. The number of hydrogen-bond acceptors (Lipinski definition) is 0. The van der Waals surface area contributed by atoms with Crippen molar-refractivity contribution in [3.63, 3.8) is 0 Å². The van der Waals surface area contributed by atoms with Crippen LogP contribution >= 0.6 is 36.1 Å². The molecule has 0 saturated heterocycles. The third kappa shape index (κ3) is 6.84. The molecule has 0 N–H and O–H groups in total. The summed E-state index contributed by atoms with van der Waals surface area (Å²) in [5.41, 5.74) is 5.62. The zero-order valence-corrected chi connectivity index (χ0v) is 34.8. The van der Waals surface area contributed by atoms with Crippen molar-refractivity contribution >= 4 is 42.1 Å². The Morgan fingerprint density at radius 3 is 1.31 bits per heavy atom. The molecule has 0 heterocycles. The van der Waals surface area contributed by atoms with Crippen LogP contribution in [0.15, 0.2) is 36.4 Å². The summed E-state index contributed by atoms with van der Waals surface area (Å²) in [6.45, 7) is 0. The van der Waals surface area contributed by atoms with E-state index in [1.54, 1.807) is 0 Å². The topological polar surface area (TPSA) is 0 Å². The Morgan fingerprint density at radius 2 is 0.898 bits per heavy atom. The fourth-order valence-electron chi connectivity index (χ4n) is 14.5. The van der Waals surface area contributed by atoms with Gasteiger partial charge in [0.05, 0.1) is 0 Å². The van der Waals surface area contributed by atoms with E-state index in [0.717, 1.165) is 17.0 Å². The Kier molecular flexibility index (Phi) is 12.9. The van der Waals surface area contributed by atoms with Crippen LogP contribution in [0.3, 0.4) is 0 Å². The van der Waals surface area contributed by atoms with Crippen LogP contribution in [0, 0.1) is 0 Å². The van der Waals surface area contributed by atoms with Crippen LogP contribution in [0.25, 0.3) is 6.08 Å². The van der Waals surface area contributed by atoms with Crippen LogP contribution in [0.2, 0.25) is 0 Å². The quantitative estimate of drug-likeness (QED) is 0.165. The molecule has 0 amide bonds. The molecule has 1 aromatic rings. The average Bonchev–Trinajstić information content (AvgIpc) is 3.18. The van der Waals surface area contributed by atoms with E-state index in [1.165, 1.54) is 198 Å². The van der Waals surface area contributed by atoms with Gasteiger partial charge in [-0.25, -0.2) is 0 Å². The van der Waals surface area contributed by atoms with Crippen molar-refractivity contribution in [3.8, 4) is 0 Å². The third-order valence-electron chi connectivity index (χ3n) is 16.4. The molecule has 7 rings (SSSR count). The van der Waals surface area contributed by atoms with Crippen molar-refractivity contribution in [2.45, 2.75) is 231 Å². The Bertz CT molecular complexity index is 1110. The van der Waals surface area contributed by atoms with E-state index in [1.807, 2.05) is 0 Å². The van der Waals surface area contributed by atoms with Gasteiger partial charge in [-0.2, -0.15) is 0 Å². The molecule has 6 fully saturated rings. The Morgan fingerprint density at radius 1 is 0.531 bits per heavy atom. The number of rotatable bonds is 10. The molecular formula is C45H74Cl2P2. The second-order valence-corrected chi connectivity index (χ2v) is 32.6. The van der Waals surface area contributed by atoms with E-state index < -0.39 is 13.2 Å². The van der Waals surface area contributed by atoms with Gasteiger partial charge in [-0.05, 0) is 0 Å². The molecule has 0 spiro atoms. The molecule has 6 saturated carbocycles. The van der Waals surface area contributed by atoms with Crippen LogP contribution in [-0.4, -0.2) is 38.3 Å².